The van der Waals surface area contributed by atoms with Gasteiger partial charge in [-0.1, -0.05) is 44.2 Å². The van der Waals surface area contributed by atoms with Crippen LogP contribution in [0.25, 0.3) is 0 Å². The van der Waals surface area contributed by atoms with E-state index in [-0.39, 0.29) is 50.3 Å². The number of nitrogens with one attached hydrogen (secondary N) is 2. The van der Waals surface area contributed by atoms with Gasteiger partial charge in [0, 0.05) is 19.6 Å². The summed E-state index contributed by atoms with van der Waals surface area (Å²) in [6.07, 6.45) is 2.38. The van der Waals surface area contributed by atoms with Gasteiger partial charge < -0.3 is 20.1 Å². The molecule has 1 aromatic rings. The first kappa shape index (κ1) is 30.4. The van der Waals surface area contributed by atoms with Gasteiger partial charge in [0.15, 0.2) is 0 Å². The monoisotopic (exact) mass is 544 g/mol. The molecular weight excluding hydrogens is 500 g/mol. The molecule has 1 spiro atoms. The van der Waals surface area contributed by atoms with E-state index >= 15 is 0 Å². The van der Waals surface area contributed by atoms with Crippen molar-refractivity contribution in [2.24, 2.45) is 17.8 Å². The Morgan fingerprint density at radius 1 is 1.13 bits per heavy atom. The topological polar surface area (TPSA) is 128 Å². The predicted octanol–water partition coefficient (Wildman–Crippen LogP) is 4.20. The lowest BCUT2D eigenvalue weighted by atomic mass is 9.82. The molecule has 2 fully saturated rings. The van der Waals surface area contributed by atoms with Crippen LogP contribution in [0.3, 0.4) is 0 Å². The lowest BCUT2D eigenvalue weighted by molar-refractivity contribution is -0.162. The van der Waals surface area contributed by atoms with Crippen molar-refractivity contribution < 1.29 is 29.0 Å². The summed E-state index contributed by atoms with van der Waals surface area (Å²) in [5.41, 5.74) is 2.50. The quantitative estimate of drug-likeness (QED) is 0.281. The molecule has 216 valence electrons. The first-order valence-corrected chi connectivity index (χ1v) is 14.0. The molecule has 3 N–H and O–H groups in total. The van der Waals surface area contributed by atoms with Crippen molar-refractivity contribution in [2.45, 2.75) is 84.3 Å². The molecule has 4 amide bonds. The number of esters is 1. The summed E-state index contributed by atoms with van der Waals surface area (Å²) >= 11 is 0. The van der Waals surface area contributed by atoms with Crippen molar-refractivity contribution in [1.82, 2.24) is 20.7 Å². The van der Waals surface area contributed by atoms with Gasteiger partial charge in [0.1, 0.15) is 11.1 Å². The molecule has 0 radical (unpaired) electrons. The van der Waals surface area contributed by atoms with Crippen LogP contribution in [0.15, 0.2) is 30.3 Å². The van der Waals surface area contributed by atoms with Crippen LogP contribution in [0.4, 0.5) is 9.59 Å². The number of piperidine rings is 1. The van der Waals surface area contributed by atoms with Crippen molar-refractivity contribution in [3.8, 4) is 0 Å². The Balaban J connectivity index is 1.72. The average molecular weight is 545 g/mol. The number of imide groups is 1. The number of aryl methyl sites for hydroxylation is 1. The van der Waals surface area contributed by atoms with Gasteiger partial charge in [0.2, 0.25) is 0 Å². The number of nitrogens with zero attached hydrogens (tertiary/aromatic N) is 2. The molecule has 3 rings (SSSR count). The highest BCUT2D eigenvalue weighted by atomic mass is 16.6. The molecule has 0 saturated carbocycles. The number of amides is 4. The number of carbonyl (C=O) groups is 4. The standard InChI is InChI=1S/C29H44N4O6/c1-20(2)18-22(23(24(34)39-28(3,4)5)13-9-12-21-10-7-6-8-11-21)19-30-33-25(35)29(31-26(33)36)14-16-32(17-15-29)27(37)38/h6-8,10-11,20,22-23,30H,9,12-19H2,1-5H3,(H,31,36)(H,37,38)/t22-,23-/m0/s1. The molecule has 39 heavy (non-hydrogen) atoms. The number of urea groups is 1. The summed E-state index contributed by atoms with van der Waals surface area (Å²) in [5.74, 6) is -0.958. The van der Waals surface area contributed by atoms with Crippen LogP contribution < -0.4 is 10.7 Å². The second kappa shape index (κ2) is 12.8. The van der Waals surface area contributed by atoms with Crippen LogP contribution in [0, 0.1) is 17.8 Å². The fourth-order valence-electron chi connectivity index (χ4n) is 5.48. The molecule has 2 aliphatic heterocycles. The number of rotatable bonds is 11. The number of hydrogen-bond acceptors (Lipinski definition) is 6. The van der Waals surface area contributed by atoms with Crippen LogP contribution in [0.1, 0.15) is 72.3 Å². The predicted molar refractivity (Wildman–Crippen MR) is 147 cm³/mol. The fraction of sp³-hybridized carbons (Fsp3) is 0.655. The van der Waals surface area contributed by atoms with Crippen LogP contribution in [0.2, 0.25) is 0 Å². The summed E-state index contributed by atoms with van der Waals surface area (Å²) in [6, 6.07) is 9.58. The zero-order chi connectivity index (χ0) is 28.8. The summed E-state index contributed by atoms with van der Waals surface area (Å²) in [5, 5.41) is 13.0. The highest BCUT2D eigenvalue weighted by Crippen LogP contribution is 2.31. The van der Waals surface area contributed by atoms with Crippen LogP contribution in [-0.4, -0.2) is 69.8 Å². The molecule has 2 aliphatic rings. The highest BCUT2D eigenvalue weighted by molar-refractivity contribution is 6.06. The normalized spacial score (nSPS) is 18.8. The molecule has 0 aromatic heterocycles. The van der Waals surface area contributed by atoms with E-state index < -0.39 is 35.1 Å². The van der Waals surface area contributed by atoms with Gasteiger partial charge in [0.05, 0.1) is 5.92 Å². The Morgan fingerprint density at radius 3 is 2.33 bits per heavy atom. The molecule has 10 nitrogen and oxygen atoms in total. The minimum Gasteiger partial charge on any atom is -0.465 e. The van der Waals surface area contributed by atoms with Crippen molar-refractivity contribution in [2.75, 3.05) is 19.6 Å². The average Bonchev–Trinajstić information content (AvgIpc) is 3.07. The maximum atomic E-state index is 13.4. The molecule has 0 bridgehead atoms. The van der Waals surface area contributed by atoms with Crippen molar-refractivity contribution in [1.29, 1.82) is 0 Å². The van der Waals surface area contributed by atoms with E-state index in [9.17, 15) is 24.3 Å². The number of likely N-dealkylation sites (tertiary alicyclic amines) is 1. The zero-order valence-corrected chi connectivity index (χ0v) is 23.9. The Kier molecular flexibility index (Phi) is 9.98. The minimum atomic E-state index is -1.11. The van der Waals surface area contributed by atoms with Crippen LogP contribution >= 0.6 is 0 Å². The first-order valence-electron chi connectivity index (χ1n) is 14.0. The molecule has 0 aliphatic carbocycles. The summed E-state index contributed by atoms with van der Waals surface area (Å²) < 4.78 is 5.82. The van der Waals surface area contributed by atoms with Gasteiger partial charge >= 0.3 is 18.1 Å². The Bertz CT molecular complexity index is 1010. The maximum absolute atomic E-state index is 13.4. The van der Waals surface area contributed by atoms with Gasteiger partial charge in [-0.2, -0.15) is 5.01 Å². The molecule has 1 aromatic carbocycles. The number of benzene rings is 1. The summed E-state index contributed by atoms with van der Waals surface area (Å²) in [6.45, 7) is 10.3. The van der Waals surface area contributed by atoms with Crippen molar-refractivity contribution in [3.63, 3.8) is 0 Å². The van der Waals surface area contributed by atoms with E-state index in [1.165, 1.54) is 10.5 Å². The second-order valence-electron chi connectivity index (χ2n) is 12.2. The number of hydrazine groups is 1. The third kappa shape index (κ3) is 8.17. The molecule has 0 unspecified atom stereocenters. The Hall–Kier alpha value is -3.14. The van der Waals surface area contributed by atoms with Crippen molar-refractivity contribution in [3.05, 3.63) is 35.9 Å². The van der Waals surface area contributed by atoms with E-state index in [1.54, 1.807) is 0 Å². The first-order chi connectivity index (χ1) is 18.3. The van der Waals surface area contributed by atoms with E-state index in [0.29, 0.717) is 12.8 Å². The minimum absolute atomic E-state index is 0.165. The third-order valence-corrected chi connectivity index (χ3v) is 7.44. The number of carbonyl (C=O) groups excluding carboxylic acids is 3. The van der Waals surface area contributed by atoms with Gasteiger partial charge in [-0.3, -0.25) is 9.59 Å². The SMILES string of the molecule is CC(C)C[C@@H](CNN1C(=O)NC2(CCN(C(=O)O)CC2)C1=O)[C@H](CCCc1ccccc1)C(=O)OC(C)(C)C. The van der Waals surface area contributed by atoms with E-state index in [4.69, 9.17) is 4.74 Å². The number of hydrogen-bond donors (Lipinski definition) is 3. The Labute approximate surface area is 231 Å². The summed E-state index contributed by atoms with van der Waals surface area (Å²) in [7, 11) is 0. The van der Waals surface area contributed by atoms with Gasteiger partial charge in [-0.15, -0.1) is 0 Å². The largest absolute Gasteiger partial charge is 0.465 e. The van der Waals surface area contributed by atoms with E-state index in [1.807, 2.05) is 39.0 Å². The Morgan fingerprint density at radius 2 is 1.77 bits per heavy atom. The zero-order valence-electron chi connectivity index (χ0n) is 23.9. The van der Waals surface area contributed by atoms with E-state index in [0.717, 1.165) is 17.9 Å². The highest BCUT2D eigenvalue weighted by Gasteiger charge is 2.53. The van der Waals surface area contributed by atoms with Crippen LogP contribution in [-0.2, 0) is 20.7 Å². The smallest absolute Gasteiger partial charge is 0.407 e. The van der Waals surface area contributed by atoms with E-state index in [2.05, 4.69) is 36.7 Å². The third-order valence-electron chi connectivity index (χ3n) is 7.44. The van der Waals surface area contributed by atoms with Gasteiger partial charge in [-0.05, 0) is 76.7 Å². The number of carboxylic acid groups (broad SMARTS) is 1. The van der Waals surface area contributed by atoms with Gasteiger partial charge in [-0.25, -0.2) is 15.0 Å². The van der Waals surface area contributed by atoms with Crippen molar-refractivity contribution >= 4 is 24.0 Å². The lowest BCUT2D eigenvalue weighted by Crippen LogP contribution is -2.56. The van der Waals surface area contributed by atoms with Gasteiger partial charge in [0.25, 0.3) is 5.91 Å². The molecule has 2 atom stereocenters. The number of ether oxygens (including phenoxy) is 1. The van der Waals surface area contributed by atoms with Crippen LogP contribution in [0.5, 0.6) is 0 Å². The molecular formula is C29H44N4O6. The molecule has 2 heterocycles. The second-order valence-corrected chi connectivity index (χ2v) is 12.2. The molecule has 2 saturated heterocycles. The maximum Gasteiger partial charge on any atom is 0.407 e. The molecule has 10 heteroatoms. The lowest BCUT2D eigenvalue weighted by Gasteiger charge is -2.36. The summed E-state index contributed by atoms with van der Waals surface area (Å²) in [4.78, 5) is 52.1. The fourth-order valence-corrected chi connectivity index (χ4v) is 5.48.